The molecule has 0 atom stereocenters. The Hall–Kier alpha value is -3.37. The molecule has 2 N–H and O–H groups in total. The maximum absolute atomic E-state index is 9.69. The van der Waals surface area contributed by atoms with Crippen LogP contribution in [-0.2, 0) is 24.3 Å². The zero-order chi connectivity index (χ0) is 18.8. The minimum absolute atomic E-state index is 0.262. The lowest BCUT2D eigenvalue weighted by atomic mass is 9.91. The molecule has 0 saturated heterocycles. The van der Waals surface area contributed by atoms with Crippen LogP contribution in [0.4, 0.5) is 5.82 Å². The second-order valence-corrected chi connectivity index (χ2v) is 6.32. The number of aromatic nitrogens is 3. The molecule has 27 heavy (non-hydrogen) atoms. The van der Waals surface area contributed by atoms with Crippen molar-refractivity contribution in [2.45, 2.75) is 19.6 Å². The fourth-order valence-electron chi connectivity index (χ4n) is 3.46. The number of anilines is 1. The molecule has 1 aromatic carbocycles. The number of hydrogen-bond acceptors (Lipinski definition) is 6. The molecule has 0 unspecified atom stereocenters. The summed E-state index contributed by atoms with van der Waals surface area (Å²) in [7, 11) is 1.64. The fraction of sp³-hybridized carbons (Fsp3) is 0.250. The van der Waals surface area contributed by atoms with Crippen LogP contribution >= 0.6 is 0 Å². The first-order valence-electron chi connectivity index (χ1n) is 8.65. The molecule has 0 radical (unpaired) electrons. The number of nitrogens with zero attached hydrogens (tertiary/aromatic N) is 4. The summed E-state index contributed by atoms with van der Waals surface area (Å²) in [6.45, 7) is 1.59. The molecule has 4 rings (SSSR count). The van der Waals surface area contributed by atoms with Gasteiger partial charge in [0.15, 0.2) is 0 Å². The van der Waals surface area contributed by atoms with Gasteiger partial charge in [0.05, 0.1) is 32.6 Å². The van der Waals surface area contributed by atoms with E-state index in [1.807, 2.05) is 35.1 Å². The van der Waals surface area contributed by atoms with Gasteiger partial charge in [-0.1, -0.05) is 6.07 Å². The van der Waals surface area contributed by atoms with Gasteiger partial charge in [-0.2, -0.15) is 10.4 Å². The van der Waals surface area contributed by atoms with E-state index in [1.54, 1.807) is 13.3 Å². The third kappa shape index (κ3) is 3.11. The molecule has 0 fully saturated rings. The Morgan fingerprint density at radius 2 is 2.30 bits per heavy atom. The standard InChI is InChI=1S/C20H19N5O2/c1-26-18-4-3-13(9-14(18)11-25-7-2-6-23-25)19-15(10-21)20(22)24-17-5-8-27-12-16(17)19/h2-4,6-7,9H,5,8,11-12H2,1H3,(H2,22,24). The number of ether oxygens (including phenoxy) is 2. The molecule has 0 amide bonds. The SMILES string of the molecule is COc1ccc(-c2c(C#N)c(N)nc3c2COCC3)cc1Cn1cccn1. The Morgan fingerprint density at radius 1 is 1.41 bits per heavy atom. The van der Waals surface area contributed by atoms with E-state index in [0.717, 1.165) is 33.7 Å². The summed E-state index contributed by atoms with van der Waals surface area (Å²) in [5, 5.41) is 14.0. The maximum atomic E-state index is 9.69. The zero-order valence-corrected chi connectivity index (χ0v) is 15.0. The number of rotatable bonds is 4. The van der Waals surface area contributed by atoms with E-state index in [1.165, 1.54) is 0 Å². The average Bonchev–Trinajstić information content (AvgIpc) is 3.20. The molecule has 7 heteroatoms. The molecule has 0 spiro atoms. The smallest absolute Gasteiger partial charge is 0.142 e. The second kappa shape index (κ2) is 7.09. The molecule has 0 aliphatic carbocycles. The monoisotopic (exact) mass is 361 g/mol. The molecular weight excluding hydrogens is 342 g/mol. The zero-order valence-electron chi connectivity index (χ0n) is 15.0. The minimum atomic E-state index is 0.262. The molecule has 0 saturated carbocycles. The maximum Gasteiger partial charge on any atom is 0.142 e. The van der Waals surface area contributed by atoms with E-state index in [0.29, 0.717) is 31.7 Å². The van der Waals surface area contributed by atoms with Crippen LogP contribution in [0.5, 0.6) is 5.75 Å². The van der Waals surface area contributed by atoms with Gasteiger partial charge in [0.1, 0.15) is 23.2 Å². The molecule has 3 aromatic rings. The highest BCUT2D eigenvalue weighted by atomic mass is 16.5. The highest BCUT2D eigenvalue weighted by molar-refractivity contribution is 5.80. The van der Waals surface area contributed by atoms with Crippen molar-refractivity contribution in [2.75, 3.05) is 19.5 Å². The van der Waals surface area contributed by atoms with Gasteiger partial charge in [-0.05, 0) is 23.8 Å². The Bertz CT molecular complexity index is 1020. The van der Waals surface area contributed by atoms with E-state index in [9.17, 15) is 5.26 Å². The molecule has 136 valence electrons. The summed E-state index contributed by atoms with van der Waals surface area (Å²) in [6.07, 6.45) is 4.32. The van der Waals surface area contributed by atoms with Crippen LogP contribution in [0.15, 0.2) is 36.7 Å². The van der Waals surface area contributed by atoms with Gasteiger partial charge in [0.2, 0.25) is 0 Å². The van der Waals surface area contributed by atoms with Crippen molar-refractivity contribution >= 4 is 5.82 Å². The summed E-state index contributed by atoms with van der Waals surface area (Å²) in [6, 6.07) is 9.95. The van der Waals surface area contributed by atoms with Crippen molar-refractivity contribution in [3.05, 3.63) is 59.0 Å². The van der Waals surface area contributed by atoms with Crippen LogP contribution in [0.3, 0.4) is 0 Å². The third-order valence-electron chi connectivity index (χ3n) is 4.71. The molecule has 1 aliphatic rings. The van der Waals surface area contributed by atoms with E-state index in [2.05, 4.69) is 16.2 Å². The quantitative estimate of drug-likeness (QED) is 0.767. The molecular formula is C20H19N5O2. The van der Waals surface area contributed by atoms with Gasteiger partial charge in [-0.3, -0.25) is 4.68 Å². The first-order chi connectivity index (χ1) is 13.2. The average molecular weight is 361 g/mol. The van der Waals surface area contributed by atoms with Crippen LogP contribution in [0.1, 0.15) is 22.4 Å². The van der Waals surface area contributed by atoms with Crippen LogP contribution in [-0.4, -0.2) is 28.5 Å². The second-order valence-electron chi connectivity index (χ2n) is 6.32. The minimum Gasteiger partial charge on any atom is -0.496 e. The van der Waals surface area contributed by atoms with E-state index in [-0.39, 0.29) is 5.82 Å². The lowest BCUT2D eigenvalue weighted by Crippen LogP contribution is -2.16. The molecule has 2 aromatic heterocycles. The highest BCUT2D eigenvalue weighted by Gasteiger charge is 2.23. The molecule has 3 heterocycles. The van der Waals surface area contributed by atoms with Gasteiger partial charge in [0.25, 0.3) is 0 Å². The third-order valence-corrected chi connectivity index (χ3v) is 4.71. The van der Waals surface area contributed by atoms with Gasteiger partial charge in [0, 0.05) is 35.5 Å². The first-order valence-corrected chi connectivity index (χ1v) is 8.65. The van der Waals surface area contributed by atoms with Crippen LogP contribution < -0.4 is 10.5 Å². The Kier molecular flexibility index (Phi) is 4.48. The Morgan fingerprint density at radius 3 is 3.04 bits per heavy atom. The van der Waals surface area contributed by atoms with Gasteiger partial charge in [-0.15, -0.1) is 0 Å². The van der Waals surface area contributed by atoms with E-state index >= 15 is 0 Å². The van der Waals surface area contributed by atoms with Gasteiger partial charge < -0.3 is 15.2 Å². The Balaban J connectivity index is 1.89. The number of benzene rings is 1. The van der Waals surface area contributed by atoms with E-state index < -0.39 is 0 Å². The summed E-state index contributed by atoms with van der Waals surface area (Å²) in [5.41, 5.74) is 11.0. The fourth-order valence-corrected chi connectivity index (χ4v) is 3.46. The Labute approximate surface area is 157 Å². The normalized spacial score (nSPS) is 13.0. The number of nitrogens with two attached hydrogens (primary N) is 1. The molecule has 1 aliphatic heterocycles. The largest absolute Gasteiger partial charge is 0.496 e. The van der Waals surface area contributed by atoms with Crippen LogP contribution in [0.2, 0.25) is 0 Å². The van der Waals surface area contributed by atoms with E-state index in [4.69, 9.17) is 15.2 Å². The number of nitriles is 1. The lowest BCUT2D eigenvalue weighted by molar-refractivity contribution is 0.109. The molecule has 0 bridgehead atoms. The number of nitrogen functional groups attached to an aromatic ring is 1. The highest BCUT2D eigenvalue weighted by Crippen LogP contribution is 2.36. The van der Waals surface area contributed by atoms with Gasteiger partial charge in [-0.25, -0.2) is 4.98 Å². The lowest BCUT2D eigenvalue weighted by Gasteiger charge is -2.22. The number of methoxy groups -OCH3 is 1. The number of fused-ring (bicyclic) bond motifs is 1. The van der Waals surface area contributed by atoms with Crippen molar-refractivity contribution in [3.63, 3.8) is 0 Å². The van der Waals surface area contributed by atoms with Crippen molar-refractivity contribution in [1.82, 2.24) is 14.8 Å². The van der Waals surface area contributed by atoms with Crippen molar-refractivity contribution in [2.24, 2.45) is 0 Å². The van der Waals surface area contributed by atoms with Crippen LogP contribution in [0, 0.1) is 11.3 Å². The van der Waals surface area contributed by atoms with Gasteiger partial charge >= 0.3 is 0 Å². The topological polar surface area (TPSA) is 99.0 Å². The molecule has 7 nitrogen and oxygen atoms in total. The summed E-state index contributed by atoms with van der Waals surface area (Å²) in [5.74, 6) is 1.03. The summed E-state index contributed by atoms with van der Waals surface area (Å²) < 4.78 is 13.0. The predicted octanol–water partition coefficient (Wildman–Crippen LogP) is 2.53. The van der Waals surface area contributed by atoms with Crippen molar-refractivity contribution in [3.8, 4) is 22.9 Å². The predicted molar refractivity (Wildman–Crippen MR) is 100 cm³/mol. The summed E-state index contributed by atoms with van der Waals surface area (Å²) >= 11 is 0. The summed E-state index contributed by atoms with van der Waals surface area (Å²) in [4.78, 5) is 4.42. The van der Waals surface area contributed by atoms with Crippen molar-refractivity contribution in [1.29, 1.82) is 5.26 Å². The number of hydrogen-bond donors (Lipinski definition) is 1. The number of pyridine rings is 1. The van der Waals surface area contributed by atoms with Crippen LogP contribution in [0.25, 0.3) is 11.1 Å². The van der Waals surface area contributed by atoms with Crippen molar-refractivity contribution < 1.29 is 9.47 Å². The first kappa shape index (κ1) is 17.1.